The quantitative estimate of drug-likeness (QED) is 0.931. The first-order valence-corrected chi connectivity index (χ1v) is 8.86. The predicted molar refractivity (Wildman–Crippen MR) is 84.7 cm³/mol. The van der Waals surface area contributed by atoms with E-state index < -0.39 is 0 Å². The van der Waals surface area contributed by atoms with Crippen molar-refractivity contribution in [3.8, 4) is 0 Å². The lowest BCUT2D eigenvalue weighted by Gasteiger charge is -2.32. The Kier molecular flexibility index (Phi) is 3.87. The molecule has 2 amide bonds. The van der Waals surface area contributed by atoms with Gasteiger partial charge in [0, 0.05) is 25.0 Å². The highest BCUT2D eigenvalue weighted by Crippen LogP contribution is 2.56. The molecular weight excluding hydrogens is 292 g/mol. The summed E-state index contributed by atoms with van der Waals surface area (Å²) in [6, 6.07) is 1.82. The van der Waals surface area contributed by atoms with Crippen molar-refractivity contribution in [3.63, 3.8) is 0 Å². The Labute approximate surface area is 136 Å². The molecule has 2 heterocycles. The van der Waals surface area contributed by atoms with Crippen molar-refractivity contribution in [1.29, 1.82) is 0 Å². The molecule has 3 fully saturated rings. The highest BCUT2D eigenvalue weighted by Gasteiger charge is 2.55. The Hall–Kier alpha value is -1.78. The second-order valence-corrected chi connectivity index (χ2v) is 7.22. The number of hydrogen-bond acceptors (Lipinski definition) is 3. The zero-order valence-corrected chi connectivity index (χ0v) is 13.4. The van der Waals surface area contributed by atoms with Gasteiger partial charge in [-0.25, -0.2) is 0 Å². The van der Waals surface area contributed by atoms with Crippen molar-refractivity contribution in [2.24, 2.45) is 17.8 Å². The van der Waals surface area contributed by atoms with E-state index in [1.807, 2.05) is 4.90 Å². The Morgan fingerprint density at radius 1 is 1.09 bits per heavy atom. The highest BCUT2D eigenvalue weighted by molar-refractivity contribution is 5.94. The van der Waals surface area contributed by atoms with Crippen molar-refractivity contribution in [2.45, 2.75) is 44.6 Å². The lowest BCUT2D eigenvalue weighted by atomic mass is 10.0. The summed E-state index contributed by atoms with van der Waals surface area (Å²) in [5, 5.41) is 3.04. The van der Waals surface area contributed by atoms with E-state index in [-0.39, 0.29) is 11.9 Å². The number of furan rings is 1. The number of carbonyl (C=O) groups is 2. The van der Waals surface area contributed by atoms with Crippen LogP contribution in [0.25, 0.3) is 0 Å². The molecule has 5 heteroatoms. The third-order valence-electron chi connectivity index (χ3n) is 5.87. The van der Waals surface area contributed by atoms with E-state index in [0.717, 1.165) is 25.9 Å². The van der Waals surface area contributed by atoms with E-state index in [4.69, 9.17) is 4.42 Å². The normalized spacial score (nSPS) is 30.6. The van der Waals surface area contributed by atoms with Gasteiger partial charge in [-0.1, -0.05) is 12.8 Å². The number of likely N-dealkylation sites (tertiary alicyclic amines) is 1. The Balaban J connectivity index is 1.26. The smallest absolute Gasteiger partial charge is 0.254 e. The molecule has 0 unspecified atom stereocenters. The van der Waals surface area contributed by atoms with Crippen LogP contribution in [0.4, 0.5) is 0 Å². The molecule has 23 heavy (non-hydrogen) atoms. The number of nitrogens with one attached hydrogen (secondary N) is 1. The minimum atomic E-state index is -0.0864. The molecule has 0 radical (unpaired) electrons. The van der Waals surface area contributed by atoms with Gasteiger partial charge in [-0.3, -0.25) is 9.59 Å². The zero-order valence-electron chi connectivity index (χ0n) is 13.4. The van der Waals surface area contributed by atoms with Crippen molar-refractivity contribution < 1.29 is 14.0 Å². The Bertz CT molecular complexity index is 563. The van der Waals surface area contributed by atoms with Crippen molar-refractivity contribution in [2.75, 3.05) is 13.1 Å². The molecule has 2 atom stereocenters. The number of hydrogen-bond donors (Lipinski definition) is 1. The highest BCUT2D eigenvalue weighted by atomic mass is 16.3. The molecule has 2 aliphatic carbocycles. The Morgan fingerprint density at radius 3 is 2.39 bits per heavy atom. The maximum absolute atomic E-state index is 12.7. The molecule has 1 aromatic rings. The van der Waals surface area contributed by atoms with Gasteiger partial charge in [-0.05, 0) is 43.6 Å². The molecule has 0 spiro atoms. The monoisotopic (exact) mass is 316 g/mol. The maximum Gasteiger partial charge on any atom is 0.254 e. The maximum atomic E-state index is 12.7. The summed E-state index contributed by atoms with van der Waals surface area (Å²) < 4.78 is 4.94. The largest absolute Gasteiger partial charge is 0.472 e. The van der Waals surface area contributed by atoms with E-state index in [0.29, 0.717) is 29.2 Å². The van der Waals surface area contributed by atoms with E-state index in [2.05, 4.69) is 5.32 Å². The van der Waals surface area contributed by atoms with Crippen LogP contribution in [0.15, 0.2) is 23.0 Å². The van der Waals surface area contributed by atoms with Gasteiger partial charge in [0.1, 0.15) is 6.26 Å². The Morgan fingerprint density at radius 2 is 1.78 bits per heavy atom. The standard InChI is InChI=1S/C18H24N2O3/c21-17(12-7-10-23-11-12)19-13-5-8-20(9-6-13)18(22)16-14-3-1-2-4-15(14)16/h7,10-11,13-16H,1-6,8-9H2,(H,19,21)/t14-,15-/m0/s1. The second kappa shape index (κ2) is 6.02. The summed E-state index contributed by atoms with van der Waals surface area (Å²) >= 11 is 0. The second-order valence-electron chi connectivity index (χ2n) is 7.22. The van der Waals surface area contributed by atoms with Crippen LogP contribution in [-0.2, 0) is 4.79 Å². The van der Waals surface area contributed by atoms with Crippen LogP contribution in [0.3, 0.4) is 0 Å². The number of rotatable bonds is 3. The van der Waals surface area contributed by atoms with Crippen molar-refractivity contribution in [3.05, 3.63) is 24.2 Å². The average Bonchev–Trinajstić information content (AvgIpc) is 3.03. The molecular formula is C18H24N2O3. The molecule has 124 valence electrons. The van der Waals surface area contributed by atoms with Gasteiger partial charge in [0.15, 0.2) is 0 Å². The lowest BCUT2D eigenvalue weighted by Crippen LogP contribution is -2.47. The van der Waals surface area contributed by atoms with Crippen molar-refractivity contribution >= 4 is 11.8 Å². The average molecular weight is 316 g/mol. The van der Waals surface area contributed by atoms with E-state index in [1.165, 1.54) is 38.2 Å². The van der Waals surface area contributed by atoms with Crippen LogP contribution in [0.2, 0.25) is 0 Å². The molecule has 1 saturated heterocycles. The van der Waals surface area contributed by atoms with Gasteiger partial charge < -0.3 is 14.6 Å². The van der Waals surface area contributed by atoms with Crippen LogP contribution < -0.4 is 5.32 Å². The molecule has 3 aliphatic rings. The zero-order chi connectivity index (χ0) is 15.8. The first kappa shape index (κ1) is 14.8. The van der Waals surface area contributed by atoms with Crippen molar-refractivity contribution in [1.82, 2.24) is 10.2 Å². The van der Waals surface area contributed by atoms with E-state index in [9.17, 15) is 9.59 Å². The van der Waals surface area contributed by atoms with Gasteiger partial charge in [0.05, 0.1) is 11.8 Å². The number of nitrogens with zero attached hydrogens (tertiary/aromatic N) is 1. The molecule has 0 aromatic carbocycles. The number of fused-ring (bicyclic) bond motifs is 1. The molecule has 0 bridgehead atoms. The van der Waals surface area contributed by atoms with E-state index >= 15 is 0 Å². The third kappa shape index (κ3) is 2.89. The molecule has 1 aliphatic heterocycles. The van der Waals surface area contributed by atoms with Gasteiger partial charge in [-0.2, -0.15) is 0 Å². The van der Waals surface area contributed by atoms with Crippen LogP contribution in [0.1, 0.15) is 48.9 Å². The SMILES string of the molecule is O=C(NC1CCN(C(=O)C2[C@H]3CCCC[C@H]23)CC1)c1ccoc1. The first-order chi connectivity index (χ1) is 11.2. The fourth-order valence-electron chi connectivity index (χ4n) is 4.48. The van der Waals surface area contributed by atoms with Gasteiger partial charge in [0.2, 0.25) is 5.91 Å². The summed E-state index contributed by atoms with van der Waals surface area (Å²) in [6.07, 6.45) is 9.75. The summed E-state index contributed by atoms with van der Waals surface area (Å²) in [5.74, 6) is 1.96. The molecule has 4 rings (SSSR count). The van der Waals surface area contributed by atoms with E-state index in [1.54, 1.807) is 6.07 Å². The lowest BCUT2D eigenvalue weighted by molar-refractivity contribution is -0.134. The first-order valence-electron chi connectivity index (χ1n) is 8.86. The summed E-state index contributed by atoms with van der Waals surface area (Å²) in [7, 11) is 0. The fourth-order valence-corrected chi connectivity index (χ4v) is 4.48. The minimum Gasteiger partial charge on any atom is -0.472 e. The van der Waals surface area contributed by atoms with Crippen LogP contribution in [-0.4, -0.2) is 35.8 Å². The number of amides is 2. The van der Waals surface area contributed by atoms with Gasteiger partial charge >= 0.3 is 0 Å². The molecule has 2 saturated carbocycles. The van der Waals surface area contributed by atoms with Crippen LogP contribution in [0.5, 0.6) is 0 Å². The number of piperidine rings is 1. The van der Waals surface area contributed by atoms with Crippen LogP contribution >= 0.6 is 0 Å². The molecule has 5 nitrogen and oxygen atoms in total. The predicted octanol–water partition coefficient (Wildman–Crippen LogP) is 2.44. The minimum absolute atomic E-state index is 0.0864. The summed E-state index contributed by atoms with van der Waals surface area (Å²) in [4.78, 5) is 26.7. The number of carbonyl (C=O) groups excluding carboxylic acids is 2. The topological polar surface area (TPSA) is 62.6 Å². The van der Waals surface area contributed by atoms with Gasteiger partial charge in [0.25, 0.3) is 5.91 Å². The third-order valence-corrected chi connectivity index (χ3v) is 5.87. The molecule has 1 aromatic heterocycles. The molecule has 1 N–H and O–H groups in total. The summed E-state index contributed by atoms with van der Waals surface area (Å²) in [5.41, 5.74) is 0.561. The fraction of sp³-hybridized carbons (Fsp3) is 0.667. The van der Waals surface area contributed by atoms with Crippen LogP contribution in [0, 0.1) is 17.8 Å². The summed E-state index contributed by atoms with van der Waals surface area (Å²) in [6.45, 7) is 1.54. The van der Waals surface area contributed by atoms with Gasteiger partial charge in [-0.15, -0.1) is 0 Å².